The van der Waals surface area contributed by atoms with Crippen LogP contribution in [-0.4, -0.2) is 4.98 Å². The molecule has 9 aromatic carbocycles. The molecule has 0 atom stereocenters. The minimum Gasteiger partial charge on any atom is -0.311 e. The van der Waals surface area contributed by atoms with Gasteiger partial charge in [0.15, 0.2) is 0 Å². The molecule has 11 aromatic rings. The fraction of sp³-hybridized carbons (Fsp3) is 0. The maximum atomic E-state index is 5.03. The Hall–Kier alpha value is -6.85. The van der Waals surface area contributed by atoms with Gasteiger partial charge in [-0.1, -0.05) is 158 Å². The van der Waals surface area contributed by atoms with Crippen molar-refractivity contribution in [2.75, 3.05) is 4.90 Å². The molecule has 0 aliphatic carbocycles. The molecule has 11 rings (SSSR count). The van der Waals surface area contributed by atoms with Crippen LogP contribution in [-0.2, 0) is 0 Å². The fourth-order valence-corrected chi connectivity index (χ4v) is 10.3. The van der Waals surface area contributed by atoms with E-state index >= 15 is 0 Å². The van der Waals surface area contributed by atoms with Gasteiger partial charge in [0.2, 0.25) is 0 Å². The van der Waals surface area contributed by atoms with Gasteiger partial charge in [-0.2, -0.15) is 0 Å². The molecular formula is C53H34N2S2. The molecule has 0 fully saturated rings. The molecule has 0 spiro atoms. The Labute approximate surface area is 339 Å². The fourth-order valence-electron chi connectivity index (χ4n) is 8.09. The zero-order valence-corrected chi connectivity index (χ0v) is 32.5. The van der Waals surface area contributed by atoms with Crippen molar-refractivity contribution in [3.8, 4) is 44.0 Å². The number of rotatable bonds is 7. The van der Waals surface area contributed by atoms with E-state index in [1.165, 1.54) is 74.6 Å². The highest BCUT2D eigenvalue weighted by Gasteiger charge is 2.17. The van der Waals surface area contributed by atoms with Gasteiger partial charge in [0.05, 0.1) is 10.2 Å². The van der Waals surface area contributed by atoms with Crippen molar-refractivity contribution in [1.82, 2.24) is 4.98 Å². The molecule has 0 bridgehead atoms. The van der Waals surface area contributed by atoms with Crippen LogP contribution < -0.4 is 4.90 Å². The van der Waals surface area contributed by atoms with Crippen LogP contribution in [0.5, 0.6) is 0 Å². The summed E-state index contributed by atoms with van der Waals surface area (Å²) in [4.78, 5) is 7.39. The summed E-state index contributed by atoms with van der Waals surface area (Å²) in [6.45, 7) is 0. The Bertz CT molecular complexity index is 3200. The van der Waals surface area contributed by atoms with Crippen molar-refractivity contribution in [3.05, 3.63) is 206 Å². The number of hydrogen-bond donors (Lipinski definition) is 0. The second-order valence-electron chi connectivity index (χ2n) is 14.4. The Morgan fingerprint density at radius 3 is 1.58 bits per heavy atom. The largest absolute Gasteiger partial charge is 0.311 e. The number of fused-ring (bicyclic) bond motifs is 5. The second kappa shape index (κ2) is 14.0. The van der Waals surface area contributed by atoms with Crippen LogP contribution in [0.25, 0.3) is 85.1 Å². The van der Waals surface area contributed by atoms with Gasteiger partial charge in [-0.25, -0.2) is 4.98 Å². The van der Waals surface area contributed by atoms with Crippen molar-refractivity contribution in [1.29, 1.82) is 0 Å². The van der Waals surface area contributed by atoms with E-state index in [-0.39, 0.29) is 0 Å². The summed E-state index contributed by atoms with van der Waals surface area (Å²) in [6, 6.07) is 74.5. The predicted molar refractivity (Wildman–Crippen MR) is 246 cm³/mol. The first kappa shape index (κ1) is 33.5. The van der Waals surface area contributed by atoms with E-state index in [1.807, 2.05) is 11.3 Å². The zero-order chi connectivity index (χ0) is 37.7. The van der Waals surface area contributed by atoms with Crippen LogP contribution in [0.2, 0.25) is 0 Å². The number of anilines is 3. The molecule has 4 heteroatoms. The third kappa shape index (κ3) is 6.07. The van der Waals surface area contributed by atoms with Gasteiger partial charge in [-0.15, -0.1) is 22.7 Å². The van der Waals surface area contributed by atoms with E-state index in [9.17, 15) is 0 Å². The minimum absolute atomic E-state index is 1.06. The standard InChI is InChI=1S/C53H34N2S2/c1-3-11-35(12-4-1)36-21-27-41(28-22-36)55(42-29-23-38(24-30-42)45-18-9-16-37-13-7-8-17-44(37)45)43-31-25-39(26-32-43)46-19-10-20-47-48-33-51-49(34-50(48)56-52(46)47)54-53(57-51)40-14-5-2-6-15-40/h1-34H. The number of benzene rings is 9. The summed E-state index contributed by atoms with van der Waals surface area (Å²) in [5, 5.41) is 6.16. The highest BCUT2D eigenvalue weighted by Crippen LogP contribution is 2.44. The molecule has 57 heavy (non-hydrogen) atoms. The first-order chi connectivity index (χ1) is 28.2. The van der Waals surface area contributed by atoms with E-state index in [0.717, 1.165) is 27.6 Å². The van der Waals surface area contributed by atoms with Gasteiger partial charge >= 0.3 is 0 Å². The summed E-state index contributed by atoms with van der Waals surface area (Å²) in [5.41, 5.74) is 12.9. The average Bonchev–Trinajstić information content (AvgIpc) is 3.87. The van der Waals surface area contributed by atoms with Crippen LogP contribution in [0.1, 0.15) is 0 Å². The van der Waals surface area contributed by atoms with Gasteiger partial charge in [0.25, 0.3) is 0 Å². The molecule has 0 saturated heterocycles. The van der Waals surface area contributed by atoms with Gasteiger partial charge in [-0.05, 0) is 92.7 Å². The van der Waals surface area contributed by atoms with Crippen LogP contribution >= 0.6 is 22.7 Å². The summed E-state index contributed by atoms with van der Waals surface area (Å²) < 4.78 is 3.79. The molecule has 0 aliphatic heterocycles. The predicted octanol–water partition coefficient (Wildman–Crippen LogP) is 16.0. The van der Waals surface area contributed by atoms with Crippen molar-refractivity contribution >= 4 is 80.9 Å². The van der Waals surface area contributed by atoms with Crippen molar-refractivity contribution in [3.63, 3.8) is 0 Å². The monoisotopic (exact) mass is 762 g/mol. The topological polar surface area (TPSA) is 16.1 Å². The summed E-state index contributed by atoms with van der Waals surface area (Å²) in [5.74, 6) is 0. The molecule has 0 saturated carbocycles. The minimum atomic E-state index is 1.06. The van der Waals surface area contributed by atoms with Gasteiger partial charge in [-0.3, -0.25) is 0 Å². The molecule has 2 aromatic heterocycles. The Balaban J connectivity index is 0.970. The lowest BCUT2D eigenvalue weighted by Crippen LogP contribution is -2.09. The molecule has 2 heterocycles. The van der Waals surface area contributed by atoms with Crippen LogP contribution in [0.4, 0.5) is 17.1 Å². The molecular weight excluding hydrogens is 729 g/mol. The van der Waals surface area contributed by atoms with Gasteiger partial charge in [0.1, 0.15) is 5.01 Å². The number of aromatic nitrogens is 1. The zero-order valence-electron chi connectivity index (χ0n) is 30.8. The first-order valence-corrected chi connectivity index (χ1v) is 20.8. The smallest absolute Gasteiger partial charge is 0.124 e. The summed E-state index contributed by atoms with van der Waals surface area (Å²) in [7, 11) is 0. The molecule has 0 unspecified atom stereocenters. The first-order valence-electron chi connectivity index (χ1n) is 19.2. The molecule has 268 valence electrons. The van der Waals surface area contributed by atoms with Gasteiger partial charge < -0.3 is 4.90 Å². The van der Waals surface area contributed by atoms with Crippen molar-refractivity contribution in [2.45, 2.75) is 0 Å². The Morgan fingerprint density at radius 1 is 0.351 bits per heavy atom. The molecule has 0 radical (unpaired) electrons. The summed E-state index contributed by atoms with van der Waals surface area (Å²) >= 11 is 3.63. The molecule has 0 aliphatic rings. The van der Waals surface area contributed by atoms with E-state index in [0.29, 0.717) is 0 Å². The second-order valence-corrected chi connectivity index (χ2v) is 16.4. The van der Waals surface area contributed by atoms with Crippen molar-refractivity contribution in [2.24, 2.45) is 0 Å². The maximum Gasteiger partial charge on any atom is 0.124 e. The molecule has 0 N–H and O–H groups in total. The van der Waals surface area contributed by atoms with Gasteiger partial charge in [0, 0.05) is 42.8 Å². The maximum absolute atomic E-state index is 5.03. The van der Waals surface area contributed by atoms with E-state index < -0.39 is 0 Å². The lowest BCUT2D eigenvalue weighted by atomic mass is 9.98. The van der Waals surface area contributed by atoms with Crippen LogP contribution in [0, 0.1) is 0 Å². The quantitative estimate of drug-likeness (QED) is 0.161. The summed E-state index contributed by atoms with van der Waals surface area (Å²) in [6.07, 6.45) is 0. The lowest BCUT2D eigenvalue weighted by Gasteiger charge is -2.26. The molecule has 2 nitrogen and oxygen atoms in total. The van der Waals surface area contributed by atoms with Crippen molar-refractivity contribution < 1.29 is 0 Å². The number of thiazole rings is 1. The third-order valence-corrected chi connectivity index (χ3v) is 13.2. The third-order valence-electron chi connectivity index (χ3n) is 10.9. The Morgan fingerprint density at radius 2 is 0.877 bits per heavy atom. The van der Waals surface area contributed by atoms with E-state index in [2.05, 4.69) is 211 Å². The highest BCUT2D eigenvalue weighted by molar-refractivity contribution is 7.26. The Kier molecular flexibility index (Phi) is 8.24. The number of nitrogens with zero attached hydrogens (tertiary/aromatic N) is 2. The van der Waals surface area contributed by atoms with Crippen LogP contribution in [0.3, 0.4) is 0 Å². The number of hydrogen-bond acceptors (Lipinski definition) is 4. The van der Waals surface area contributed by atoms with E-state index in [4.69, 9.17) is 4.98 Å². The highest BCUT2D eigenvalue weighted by atomic mass is 32.1. The van der Waals surface area contributed by atoms with Crippen LogP contribution in [0.15, 0.2) is 206 Å². The molecule has 0 amide bonds. The average molecular weight is 763 g/mol. The van der Waals surface area contributed by atoms with E-state index in [1.54, 1.807) is 11.3 Å². The number of thiophene rings is 1. The SMILES string of the molecule is c1ccc(-c2ccc(N(c3ccc(-c4cccc5ccccc45)cc3)c3ccc(-c4cccc5c4sc4cc6nc(-c7ccccc7)sc6cc45)cc3)cc2)cc1. The normalized spacial score (nSPS) is 11.5. The lowest BCUT2D eigenvalue weighted by molar-refractivity contribution is 1.28.